The van der Waals surface area contributed by atoms with Crippen molar-refractivity contribution in [3.8, 4) is 0 Å². The van der Waals surface area contributed by atoms with Gasteiger partial charge in [-0.1, -0.05) is 34.6 Å². The van der Waals surface area contributed by atoms with Gasteiger partial charge in [0.15, 0.2) is 0 Å². The fraction of sp³-hybridized carbons (Fsp3) is 1.00. The number of hydrogen-bond donors (Lipinski definition) is 1. The van der Waals surface area contributed by atoms with Crippen LogP contribution < -0.4 is 5.73 Å². The second-order valence-corrected chi connectivity index (χ2v) is 5.15. The van der Waals surface area contributed by atoms with E-state index in [-0.39, 0.29) is 0 Å². The van der Waals surface area contributed by atoms with E-state index < -0.39 is 0 Å². The Hall–Kier alpha value is -0.0800. The zero-order valence-electron chi connectivity index (χ0n) is 10.6. The van der Waals surface area contributed by atoms with E-state index in [0.717, 1.165) is 6.54 Å². The summed E-state index contributed by atoms with van der Waals surface area (Å²) < 4.78 is 0. The van der Waals surface area contributed by atoms with Gasteiger partial charge in [-0.05, 0) is 31.3 Å². The van der Waals surface area contributed by atoms with Crippen molar-refractivity contribution in [1.29, 1.82) is 0 Å². The molecule has 0 aliphatic heterocycles. The molecule has 0 saturated carbocycles. The topological polar surface area (TPSA) is 29.3 Å². The molecule has 0 fully saturated rings. The van der Waals surface area contributed by atoms with Crippen LogP contribution in [0.2, 0.25) is 0 Å². The monoisotopic (exact) mass is 200 g/mol. The number of nitrogens with two attached hydrogens (primary N) is 1. The van der Waals surface area contributed by atoms with E-state index in [9.17, 15) is 0 Å². The van der Waals surface area contributed by atoms with Gasteiger partial charge in [-0.25, -0.2) is 0 Å². The highest BCUT2D eigenvalue weighted by molar-refractivity contribution is 4.83. The lowest BCUT2D eigenvalue weighted by molar-refractivity contribution is 0.105. The lowest BCUT2D eigenvalue weighted by Crippen LogP contribution is -2.49. The maximum absolute atomic E-state index is 5.88. The largest absolute Gasteiger partial charge is 0.329 e. The molecule has 14 heavy (non-hydrogen) atoms. The summed E-state index contributed by atoms with van der Waals surface area (Å²) in [5, 5.41) is 0. The number of nitrogens with zero attached hydrogens (tertiary/aromatic N) is 1. The van der Waals surface area contributed by atoms with Crippen molar-refractivity contribution in [2.45, 2.75) is 53.5 Å². The lowest BCUT2D eigenvalue weighted by Gasteiger charge is -2.39. The summed E-state index contributed by atoms with van der Waals surface area (Å²) in [6, 6.07) is 0.516. The molecule has 0 spiro atoms. The smallest absolute Gasteiger partial charge is 0.0266 e. The molecule has 86 valence electrons. The van der Waals surface area contributed by atoms with Gasteiger partial charge in [-0.15, -0.1) is 0 Å². The Morgan fingerprint density at radius 2 is 1.50 bits per heavy atom. The first kappa shape index (κ1) is 13.9. The SMILES string of the molecule is CCCN(CCC)C(CN)C(C)(C)C. The predicted molar refractivity (Wildman–Crippen MR) is 64.5 cm³/mol. The maximum atomic E-state index is 5.88. The van der Waals surface area contributed by atoms with Crippen LogP contribution in [0.25, 0.3) is 0 Å². The molecule has 0 rings (SSSR count). The normalized spacial score (nSPS) is 14.8. The first-order valence-electron chi connectivity index (χ1n) is 5.91. The summed E-state index contributed by atoms with van der Waals surface area (Å²) in [6.45, 7) is 14.4. The minimum absolute atomic E-state index is 0.291. The molecule has 2 heteroatoms. The third-order valence-corrected chi connectivity index (χ3v) is 2.69. The molecule has 0 bridgehead atoms. The highest BCUT2D eigenvalue weighted by Gasteiger charge is 2.27. The molecule has 0 radical (unpaired) electrons. The molecule has 0 saturated heterocycles. The van der Waals surface area contributed by atoms with Crippen LogP contribution in [0.1, 0.15) is 47.5 Å². The minimum atomic E-state index is 0.291. The van der Waals surface area contributed by atoms with E-state index >= 15 is 0 Å². The van der Waals surface area contributed by atoms with Crippen LogP contribution >= 0.6 is 0 Å². The summed E-state index contributed by atoms with van der Waals surface area (Å²) in [5.41, 5.74) is 6.17. The third-order valence-electron chi connectivity index (χ3n) is 2.69. The van der Waals surface area contributed by atoms with Crippen LogP contribution in [-0.4, -0.2) is 30.6 Å². The first-order chi connectivity index (χ1) is 6.47. The van der Waals surface area contributed by atoms with Crippen LogP contribution in [0.4, 0.5) is 0 Å². The van der Waals surface area contributed by atoms with Crippen molar-refractivity contribution in [3.63, 3.8) is 0 Å². The van der Waals surface area contributed by atoms with Gasteiger partial charge in [0.25, 0.3) is 0 Å². The average Bonchev–Trinajstić information content (AvgIpc) is 2.03. The molecular formula is C12H28N2. The van der Waals surface area contributed by atoms with Gasteiger partial charge >= 0.3 is 0 Å². The average molecular weight is 200 g/mol. The highest BCUT2D eigenvalue weighted by atomic mass is 15.2. The van der Waals surface area contributed by atoms with Gasteiger partial charge in [-0.2, -0.15) is 0 Å². The molecule has 0 aliphatic carbocycles. The van der Waals surface area contributed by atoms with Gasteiger partial charge in [0.05, 0.1) is 0 Å². The van der Waals surface area contributed by atoms with E-state index in [0.29, 0.717) is 11.5 Å². The molecule has 1 unspecified atom stereocenters. The van der Waals surface area contributed by atoms with E-state index in [1.807, 2.05) is 0 Å². The van der Waals surface area contributed by atoms with Crippen LogP contribution in [-0.2, 0) is 0 Å². The summed E-state index contributed by atoms with van der Waals surface area (Å²) in [4.78, 5) is 2.54. The molecule has 0 amide bonds. The molecule has 0 aromatic rings. The van der Waals surface area contributed by atoms with Crippen molar-refractivity contribution in [2.24, 2.45) is 11.1 Å². The van der Waals surface area contributed by atoms with Crippen LogP contribution in [0.15, 0.2) is 0 Å². The quantitative estimate of drug-likeness (QED) is 0.714. The fourth-order valence-corrected chi connectivity index (χ4v) is 2.05. The van der Waals surface area contributed by atoms with Gasteiger partial charge in [0.2, 0.25) is 0 Å². The van der Waals surface area contributed by atoms with E-state index in [1.54, 1.807) is 0 Å². The van der Waals surface area contributed by atoms with Crippen LogP contribution in [0.3, 0.4) is 0 Å². The van der Waals surface area contributed by atoms with E-state index in [4.69, 9.17) is 5.73 Å². The molecule has 0 aromatic carbocycles. The van der Waals surface area contributed by atoms with Gasteiger partial charge in [0, 0.05) is 12.6 Å². The van der Waals surface area contributed by atoms with Crippen molar-refractivity contribution in [3.05, 3.63) is 0 Å². The first-order valence-corrected chi connectivity index (χ1v) is 5.91. The zero-order chi connectivity index (χ0) is 11.2. The molecule has 0 heterocycles. The van der Waals surface area contributed by atoms with E-state index in [1.165, 1.54) is 25.9 Å². The standard InChI is InChI=1S/C12H28N2/c1-6-8-14(9-7-2)11(10-13)12(3,4)5/h11H,6-10,13H2,1-5H3. The number of hydrogen-bond acceptors (Lipinski definition) is 2. The lowest BCUT2D eigenvalue weighted by atomic mass is 9.85. The molecule has 1 atom stereocenters. The summed E-state index contributed by atoms with van der Waals surface area (Å²) in [7, 11) is 0. The Labute approximate surface area is 89.9 Å². The van der Waals surface area contributed by atoms with E-state index in [2.05, 4.69) is 39.5 Å². The third kappa shape index (κ3) is 4.43. The van der Waals surface area contributed by atoms with Gasteiger partial charge in [0.1, 0.15) is 0 Å². The Balaban J connectivity index is 4.41. The maximum Gasteiger partial charge on any atom is 0.0266 e. The molecule has 0 aliphatic rings. The van der Waals surface area contributed by atoms with Crippen molar-refractivity contribution >= 4 is 0 Å². The summed E-state index contributed by atoms with van der Waals surface area (Å²) >= 11 is 0. The fourth-order valence-electron chi connectivity index (χ4n) is 2.05. The Morgan fingerprint density at radius 1 is 1.07 bits per heavy atom. The van der Waals surface area contributed by atoms with Crippen molar-refractivity contribution < 1.29 is 0 Å². The molecule has 2 nitrogen and oxygen atoms in total. The highest BCUT2D eigenvalue weighted by Crippen LogP contribution is 2.23. The molecular weight excluding hydrogens is 172 g/mol. The van der Waals surface area contributed by atoms with Gasteiger partial charge in [-0.3, -0.25) is 4.90 Å². The summed E-state index contributed by atoms with van der Waals surface area (Å²) in [5.74, 6) is 0. The van der Waals surface area contributed by atoms with Crippen LogP contribution in [0, 0.1) is 5.41 Å². The Morgan fingerprint density at radius 3 is 1.71 bits per heavy atom. The minimum Gasteiger partial charge on any atom is -0.329 e. The van der Waals surface area contributed by atoms with Crippen molar-refractivity contribution in [2.75, 3.05) is 19.6 Å². The second kappa shape index (κ2) is 6.41. The van der Waals surface area contributed by atoms with Crippen molar-refractivity contribution in [1.82, 2.24) is 4.90 Å². The zero-order valence-corrected chi connectivity index (χ0v) is 10.6. The Kier molecular flexibility index (Phi) is 6.38. The van der Waals surface area contributed by atoms with Gasteiger partial charge < -0.3 is 5.73 Å². The van der Waals surface area contributed by atoms with Crippen LogP contribution in [0.5, 0.6) is 0 Å². The second-order valence-electron chi connectivity index (χ2n) is 5.15. The summed E-state index contributed by atoms with van der Waals surface area (Å²) in [6.07, 6.45) is 2.43. The Bertz CT molecular complexity index is 132. The predicted octanol–water partition coefficient (Wildman–Crippen LogP) is 2.48. The molecule has 2 N–H and O–H groups in total. The molecule has 0 aromatic heterocycles. The number of rotatable bonds is 6.